The molecule has 2 atom stereocenters. The van der Waals surface area contributed by atoms with Gasteiger partial charge in [-0.25, -0.2) is 0 Å². The van der Waals surface area contributed by atoms with E-state index >= 15 is 0 Å². The van der Waals surface area contributed by atoms with E-state index in [0.29, 0.717) is 0 Å². The zero-order valence-corrected chi connectivity index (χ0v) is 10.4. The van der Waals surface area contributed by atoms with Crippen LogP contribution in [0, 0.1) is 0 Å². The standard InChI is InChI=1S/C14H20O3/c1-3-4-11-5-7-12(8-6-11)10(2)13(15)9-14(16)17/h5-8,10,13,15H,3-4,9H2,1-2H3,(H,16,17). The van der Waals surface area contributed by atoms with Crippen molar-refractivity contribution >= 4 is 5.97 Å². The summed E-state index contributed by atoms with van der Waals surface area (Å²) in [5, 5.41) is 18.4. The SMILES string of the molecule is CCCc1ccc(C(C)C(O)CC(=O)O)cc1. The highest BCUT2D eigenvalue weighted by Crippen LogP contribution is 2.22. The molecule has 94 valence electrons. The van der Waals surface area contributed by atoms with Crippen molar-refractivity contribution in [2.45, 2.75) is 45.1 Å². The quantitative estimate of drug-likeness (QED) is 0.798. The number of aliphatic hydroxyl groups excluding tert-OH is 1. The second-order valence-electron chi connectivity index (χ2n) is 4.45. The maximum absolute atomic E-state index is 10.5. The average Bonchev–Trinajstić information content (AvgIpc) is 2.28. The molecule has 2 unspecified atom stereocenters. The van der Waals surface area contributed by atoms with Crippen molar-refractivity contribution in [3.05, 3.63) is 35.4 Å². The Morgan fingerprint density at radius 2 is 1.88 bits per heavy atom. The van der Waals surface area contributed by atoms with Crippen molar-refractivity contribution in [2.75, 3.05) is 0 Å². The first-order valence-corrected chi connectivity index (χ1v) is 6.03. The molecule has 17 heavy (non-hydrogen) atoms. The molecule has 0 bridgehead atoms. The van der Waals surface area contributed by atoms with Gasteiger partial charge in [0.1, 0.15) is 0 Å². The van der Waals surface area contributed by atoms with E-state index in [1.165, 1.54) is 5.56 Å². The van der Waals surface area contributed by atoms with Crippen molar-refractivity contribution in [3.8, 4) is 0 Å². The van der Waals surface area contributed by atoms with Crippen molar-refractivity contribution in [1.82, 2.24) is 0 Å². The second-order valence-corrected chi connectivity index (χ2v) is 4.45. The number of carbonyl (C=O) groups is 1. The van der Waals surface area contributed by atoms with Gasteiger partial charge < -0.3 is 10.2 Å². The van der Waals surface area contributed by atoms with E-state index in [-0.39, 0.29) is 12.3 Å². The molecule has 2 N–H and O–H groups in total. The number of aliphatic hydroxyl groups is 1. The number of carboxylic acids is 1. The Bertz CT molecular complexity index is 356. The maximum Gasteiger partial charge on any atom is 0.305 e. The Morgan fingerprint density at radius 3 is 2.35 bits per heavy atom. The van der Waals surface area contributed by atoms with Crippen molar-refractivity contribution in [2.24, 2.45) is 0 Å². The Labute approximate surface area is 102 Å². The molecule has 1 rings (SSSR count). The van der Waals surface area contributed by atoms with E-state index in [1.807, 2.05) is 31.2 Å². The van der Waals surface area contributed by atoms with Crippen LogP contribution in [0.3, 0.4) is 0 Å². The molecule has 0 radical (unpaired) electrons. The van der Waals surface area contributed by atoms with Crippen molar-refractivity contribution < 1.29 is 15.0 Å². The molecule has 0 fully saturated rings. The molecular weight excluding hydrogens is 216 g/mol. The van der Waals surface area contributed by atoms with Crippen molar-refractivity contribution in [1.29, 1.82) is 0 Å². The smallest absolute Gasteiger partial charge is 0.305 e. The molecule has 0 amide bonds. The number of aryl methyl sites for hydroxylation is 1. The van der Waals surface area contributed by atoms with Gasteiger partial charge in [0.2, 0.25) is 0 Å². The highest BCUT2D eigenvalue weighted by Gasteiger charge is 2.18. The summed E-state index contributed by atoms with van der Waals surface area (Å²) in [5.74, 6) is -1.12. The number of benzene rings is 1. The maximum atomic E-state index is 10.5. The fourth-order valence-electron chi connectivity index (χ4n) is 1.85. The lowest BCUT2D eigenvalue weighted by atomic mass is 9.92. The van der Waals surface area contributed by atoms with E-state index in [2.05, 4.69) is 6.92 Å². The van der Waals surface area contributed by atoms with Crippen LogP contribution in [0.25, 0.3) is 0 Å². The molecule has 3 nitrogen and oxygen atoms in total. The second kappa shape index (κ2) is 6.40. The summed E-state index contributed by atoms with van der Waals surface area (Å²) in [6.07, 6.45) is 1.12. The normalized spacial score (nSPS) is 14.3. The predicted molar refractivity (Wildman–Crippen MR) is 67.1 cm³/mol. The third-order valence-corrected chi connectivity index (χ3v) is 3.01. The van der Waals surface area contributed by atoms with Gasteiger partial charge in [-0.05, 0) is 17.5 Å². The highest BCUT2D eigenvalue weighted by molar-refractivity contribution is 5.67. The van der Waals surface area contributed by atoms with Gasteiger partial charge in [0, 0.05) is 5.92 Å². The van der Waals surface area contributed by atoms with Crippen molar-refractivity contribution in [3.63, 3.8) is 0 Å². The molecule has 0 aliphatic heterocycles. The van der Waals surface area contributed by atoms with E-state index in [9.17, 15) is 9.90 Å². The average molecular weight is 236 g/mol. The number of aliphatic carboxylic acids is 1. The lowest BCUT2D eigenvalue weighted by Crippen LogP contribution is -2.19. The van der Waals surface area contributed by atoms with E-state index in [1.54, 1.807) is 0 Å². The van der Waals surface area contributed by atoms with E-state index in [4.69, 9.17) is 5.11 Å². The molecular formula is C14H20O3. The first kappa shape index (κ1) is 13.7. The zero-order chi connectivity index (χ0) is 12.8. The fourth-order valence-corrected chi connectivity index (χ4v) is 1.85. The van der Waals surface area contributed by atoms with Gasteiger partial charge in [0.25, 0.3) is 0 Å². The van der Waals surface area contributed by atoms with Crippen LogP contribution >= 0.6 is 0 Å². The summed E-state index contributed by atoms with van der Waals surface area (Å²) in [7, 11) is 0. The molecule has 0 saturated carbocycles. The summed E-state index contributed by atoms with van der Waals surface area (Å²) < 4.78 is 0. The van der Waals surface area contributed by atoms with Gasteiger partial charge in [-0.1, -0.05) is 44.5 Å². The molecule has 0 saturated heterocycles. The number of hydrogen-bond acceptors (Lipinski definition) is 2. The van der Waals surface area contributed by atoms with Gasteiger partial charge in [-0.3, -0.25) is 4.79 Å². The topological polar surface area (TPSA) is 57.5 Å². The van der Waals surface area contributed by atoms with Gasteiger partial charge in [-0.15, -0.1) is 0 Å². The summed E-state index contributed by atoms with van der Waals surface area (Å²) in [5.41, 5.74) is 2.26. The lowest BCUT2D eigenvalue weighted by molar-refractivity contribution is -0.139. The molecule has 0 spiro atoms. The third kappa shape index (κ3) is 4.19. The largest absolute Gasteiger partial charge is 0.481 e. The minimum Gasteiger partial charge on any atom is -0.481 e. The Kier molecular flexibility index (Phi) is 5.16. The number of rotatable bonds is 6. The summed E-state index contributed by atoms with van der Waals surface area (Å²) in [6, 6.07) is 8.03. The monoisotopic (exact) mass is 236 g/mol. The highest BCUT2D eigenvalue weighted by atomic mass is 16.4. The first-order chi connectivity index (χ1) is 8.04. The zero-order valence-electron chi connectivity index (χ0n) is 10.4. The molecule has 1 aromatic rings. The van der Waals surface area contributed by atoms with Crippen LogP contribution in [-0.2, 0) is 11.2 Å². The van der Waals surface area contributed by atoms with Crippen LogP contribution in [-0.4, -0.2) is 22.3 Å². The molecule has 3 heteroatoms. The van der Waals surface area contributed by atoms with Gasteiger partial charge >= 0.3 is 5.97 Å². The molecule has 0 aliphatic rings. The fraction of sp³-hybridized carbons (Fsp3) is 0.500. The molecule has 0 heterocycles. The predicted octanol–water partition coefficient (Wildman–Crippen LogP) is 2.58. The molecule has 0 aromatic heterocycles. The number of hydrogen-bond donors (Lipinski definition) is 2. The Balaban J connectivity index is 2.68. The molecule has 1 aromatic carbocycles. The van der Waals surface area contributed by atoms with Gasteiger partial charge in [-0.2, -0.15) is 0 Å². The summed E-state index contributed by atoms with van der Waals surface area (Å²) in [6.45, 7) is 3.98. The van der Waals surface area contributed by atoms with Crippen LogP contribution in [0.5, 0.6) is 0 Å². The van der Waals surface area contributed by atoms with Crippen LogP contribution < -0.4 is 0 Å². The van der Waals surface area contributed by atoms with E-state index in [0.717, 1.165) is 18.4 Å². The minimum atomic E-state index is -0.966. The van der Waals surface area contributed by atoms with Gasteiger partial charge in [0.05, 0.1) is 12.5 Å². The van der Waals surface area contributed by atoms with Crippen LogP contribution in [0.1, 0.15) is 43.7 Å². The Hall–Kier alpha value is -1.35. The van der Waals surface area contributed by atoms with Gasteiger partial charge in [0.15, 0.2) is 0 Å². The lowest BCUT2D eigenvalue weighted by Gasteiger charge is -2.17. The van der Waals surface area contributed by atoms with Crippen LogP contribution in [0.15, 0.2) is 24.3 Å². The number of carboxylic acid groups (broad SMARTS) is 1. The summed E-state index contributed by atoms with van der Waals surface area (Å²) in [4.78, 5) is 10.5. The van der Waals surface area contributed by atoms with E-state index < -0.39 is 12.1 Å². The Morgan fingerprint density at radius 1 is 1.29 bits per heavy atom. The van der Waals surface area contributed by atoms with Crippen LogP contribution in [0.4, 0.5) is 0 Å². The minimum absolute atomic E-state index is 0.151. The third-order valence-electron chi connectivity index (χ3n) is 3.01. The van der Waals surface area contributed by atoms with Crippen LogP contribution in [0.2, 0.25) is 0 Å². The first-order valence-electron chi connectivity index (χ1n) is 6.03. The summed E-state index contributed by atoms with van der Waals surface area (Å²) >= 11 is 0. The molecule has 0 aliphatic carbocycles.